The summed E-state index contributed by atoms with van der Waals surface area (Å²) in [6.07, 6.45) is 9.01. The van der Waals surface area contributed by atoms with E-state index in [0.29, 0.717) is 6.61 Å². The van der Waals surface area contributed by atoms with Gasteiger partial charge in [0.15, 0.2) is 0 Å². The summed E-state index contributed by atoms with van der Waals surface area (Å²) >= 11 is 0. The third kappa shape index (κ3) is 8.06. The first-order chi connectivity index (χ1) is 9.93. The van der Waals surface area contributed by atoms with Gasteiger partial charge in [-0.25, -0.2) is 0 Å². The zero-order valence-corrected chi connectivity index (χ0v) is 14.5. The van der Waals surface area contributed by atoms with E-state index < -0.39 is 0 Å². The molecule has 0 aliphatic carbocycles. The van der Waals surface area contributed by atoms with Gasteiger partial charge < -0.3 is 4.74 Å². The van der Waals surface area contributed by atoms with Gasteiger partial charge >= 0.3 is 0 Å². The molecule has 1 rings (SSSR count). The van der Waals surface area contributed by atoms with Crippen molar-refractivity contribution in [2.45, 2.75) is 65.9 Å². The van der Waals surface area contributed by atoms with Crippen LogP contribution < -0.4 is 0 Å². The van der Waals surface area contributed by atoms with Crippen LogP contribution in [-0.4, -0.2) is 12.2 Å². The van der Waals surface area contributed by atoms with Gasteiger partial charge in [-0.3, -0.25) is 0 Å². The zero-order valence-electron chi connectivity index (χ0n) is 14.5. The molecule has 0 aliphatic rings. The van der Waals surface area contributed by atoms with Crippen molar-refractivity contribution in [1.82, 2.24) is 0 Å². The van der Waals surface area contributed by atoms with Crippen molar-refractivity contribution >= 4 is 6.08 Å². The Labute approximate surface area is 131 Å². The molecule has 0 saturated heterocycles. The van der Waals surface area contributed by atoms with Crippen LogP contribution in [0.15, 0.2) is 30.3 Å². The first-order valence-corrected chi connectivity index (χ1v) is 8.32. The van der Waals surface area contributed by atoms with Gasteiger partial charge in [-0.1, -0.05) is 70.0 Å². The minimum absolute atomic E-state index is 0.0225. The third-order valence-electron chi connectivity index (χ3n) is 3.83. The predicted octanol–water partition coefficient (Wildman–Crippen LogP) is 5.88. The summed E-state index contributed by atoms with van der Waals surface area (Å²) < 4.78 is 5.99. The number of hydrogen-bond acceptors (Lipinski definition) is 1. The van der Waals surface area contributed by atoms with Crippen molar-refractivity contribution in [3.63, 3.8) is 0 Å². The van der Waals surface area contributed by atoms with Crippen molar-refractivity contribution in [3.05, 3.63) is 41.5 Å². The van der Waals surface area contributed by atoms with Crippen molar-refractivity contribution in [2.75, 3.05) is 6.61 Å². The number of ether oxygens (including phenoxy) is 1. The Kier molecular flexibility index (Phi) is 7.74. The van der Waals surface area contributed by atoms with Gasteiger partial charge in [0.25, 0.3) is 0 Å². The van der Waals surface area contributed by atoms with Gasteiger partial charge in [0, 0.05) is 0 Å². The molecule has 21 heavy (non-hydrogen) atoms. The number of hydrogen-bond donors (Lipinski definition) is 0. The van der Waals surface area contributed by atoms with E-state index in [0.717, 1.165) is 18.8 Å². The summed E-state index contributed by atoms with van der Waals surface area (Å²) in [5, 5.41) is 0. The topological polar surface area (TPSA) is 9.23 Å². The van der Waals surface area contributed by atoms with E-state index in [1.165, 1.54) is 24.0 Å². The Hall–Kier alpha value is -1.08. The lowest BCUT2D eigenvalue weighted by Gasteiger charge is -2.25. The molecule has 1 aromatic rings. The summed E-state index contributed by atoms with van der Waals surface area (Å²) in [7, 11) is 0. The average molecular weight is 288 g/mol. The standard InChI is InChI=1S/C20H32O/c1-6-18-11-13-19(14-12-18)10-8-16-21-20(4,5)15-7-9-17(2)3/h8,10-14,17H,6-7,9,15-16H2,1-5H3/b10-8+. The molecule has 0 saturated carbocycles. The first-order valence-electron chi connectivity index (χ1n) is 8.32. The molecule has 0 heterocycles. The second-order valence-corrected chi connectivity index (χ2v) is 6.85. The van der Waals surface area contributed by atoms with Crippen LogP contribution in [0, 0.1) is 5.92 Å². The molecule has 1 nitrogen and oxygen atoms in total. The van der Waals surface area contributed by atoms with E-state index >= 15 is 0 Å². The van der Waals surface area contributed by atoms with Crippen LogP contribution in [-0.2, 0) is 11.2 Å². The fraction of sp³-hybridized carbons (Fsp3) is 0.600. The second-order valence-electron chi connectivity index (χ2n) is 6.85. The highest BCUT2D eigenvalue weighted by atomic mass is 16.5. The molecular weight excluding hydrogens is 256 g/mol. The molecule has 0 aliphatic heterocycles. The van der Waals surface area contributed by atoms with Gasteiger partial charge in [-0.2, -0.15) is 0 Å². The van der Waals surface area contributed by atoms with Crippen molar-refractivity contribution in [1.29, 1.82) is 0 Å². The molecule has 118 valence electrons. The van der Waals surface area contributed by atoms with Crippen LogP contribution >= 0.6 is 0 Å². The summed E-state index contributed by atoms with van der Waals surface area (Å²) in [5.74, 6) is 0.784. The highest BCUT2D eigenvalue weighted by molar-refractivity contribution is 5.49. The van der Waals surface area contributed by atoms with E-state index in [-0.39, 0.29) is 5.60 Å². The Morgan fingerprint density at radius 2 is 1.81 bits per heavy atom. The number of rotatable bonds is 9. The summed E-state index contributed by atoms with van der Waals surface area (Å²) in [6, 6.07) is 8.72. The normalized spacial score (nSPS) is 12.5. The molecule has 0 N–H and O–H groups in total. The van der Waals surface area contributed by atoms with Crippen LogP contribution in [0.4, 0.5) is 0 Å². The Morgan fingerprint density at radius 1 is 1.14 bits per heavy atom. The summed E-state index contributed by atoms with van der Waals surface area (Å²) in [4.78, 5) is 0. The Bertz CT molecular complexity index is 412. The van der Waals surface area contributed by atoms with E-state index in [1.807, 2.05) is 0 Å². The van der Waals surface area contributed by atoms with E-state index in [1.54, 1.807) is 0 Å². The third-order valence-corrected chi connectivity index (χ3v) is 3.83. The van der Waals surface area contributed by atoms with Crippen molar-refractivity contribution < 1.29 is 4.74 Å². The van der Waals surface area contributed by atoms with Gasteiger partial charge in [0.05, 0.1) is 12.2 Å². The number of benzene rings is 1. The molecule has 0 atom stereocenters. The van der Waals surface area contributed by atoms with Gasteiger partial charge in [0.1, 0.15) is 0 Å². The minimum Gasteiger partial charge on any atom is -0.372 e. The largest absolute Gasteiger partial charge is 0.372 e. The lowest BCUT2D eigenvalue weighted by molar-refractivity contribution is -0.00923. The molecule has 0 spiro atoms. The molecule has 1 heteroatoms. The van der Waals surface area contributed by atoms with E-state index in [2.05, 4.69) is 71.0 Å². The molecule has 0 bridgehead atoms. The second kappa shape index (κ2) is 9.04. The molecule has 0 radical (unpaired) electrons. The van der Waals surface area contributed by atoms with E-state index in [4.69, 9.17) is 4.74 Å². The highest BCUT2D eigenvalue weighted by Crippen LogP contribution is 2.20. The summed E-state index contributed by atoms with van der Waals surface area (Å²) in [6.45, 7) is 11.8. The van der Waals surface area contributed by atoms with Crippen LogP contribution in [0.2, 0.25) is 0 Å². The monoisotopic (exact) mass is 288 g/mol. The maximum absolute atomic E-state index is 5.99. The Morgan fingerprint density at radius 3 is 2.38 bits per heavy atom. The van der Waals surface area contributed by atoms with Gasteiger partial charge in [-0.05, 0) is 43.7 Å². The molecule has 0 unspecified atom stereocenters. The fourth-order valence-corrected chi connectivity index (χ4v) is 2.33. The van der Waals surface area contributed by atoms with Crippen LogP contribution in [0.5, 0.6) is 0 Å². The molecule has 0 amide bonds. The van der Waals surface area contributed by atoms with Crippen LogP contribution in [0.25, 0.3) is 6.08 Å². The SMILES string of the molecule is CCc1ccc(/C=C/COC(C)(C)CCCC(C)C)cc1. The van der Waals surface area contributed by atoms with E-state index in [9.17, 15) is 0 Å². The molecule has 1 aromatic carbocycles. The zero-order chi connectivity index (χ0) is 15.7. The molecule has 0 aromatic heterocycles. The average Bonchev–Trinajstić information content (AvgIpc) is 2.43. The van der Waals surface area contributed by atoms with Crippen LogP contribution in [0.3, 0.4) is 0 Å². The number of aryl methyl sites for hydroxylation is 1. The smallest absolute Gasteiger partial charge is 0.0657 e. The van der Waals surface area contributed by atoms with Gasteiger partial charge in [0.2, 0.25) is 0 Å². The minimum atomic E-state index is -0.0225. The lowest BCUT2D eigenvalue weighted by Crippen LogP contribution is -2.24. The lowest BCUT2D eigenvalue weighted by atomic mass is 9.97. The highest BCUT2D eigenvalue weighted by Gasteiger charge is 2.17. The van der Waals surface area contributed by atoms with Crippen molar-refractivity contribution in [2.24, 2.45) is 5.92 Å². The maximum atomic E-state index is 5.99. The Balaban J connectivity index is 2.31. The molecular formula is C20H32O. The first kappa shape index (κ1) is 18.0. The molecule has 0 fully saturated rings. The fourth-order valence-electron chi connectivity index (χ4n) is 2.33. The van der Waals surface area contributed by atoms with Crippen LogP contribution in [0.1, 0.15) is 65.0 Å². The summed E-state index contributed by atoms with van der Waals surface area (Å²) in [5.41, 5.74) is 2.61. The maximum Gasteiger partial charge on any atom is 0.0657 e. The quantitative estimate of drug-likeness (QED) is 0.551. The van der Waals surface area contributed by atoms with Gasteiger partial charge in [-0.15, -0.1) is 0 Å². The predicted molar refractivity (Wildman–Crippen MR) is 93.6 cm³/mol. The van der Waals surface area contributed by atoms with Crippen molar-refractivity contribution in [3.8, 4) is 0 Å².